The smallest absolute Gasteiger partial charge is 0.175 e. The normalized spacial score (nSPS) is 10.0. The fraction of sp³-hybridized carbons (Fsp3) is 0.167. The van der Waals surface area contributed by atoms with Crippen LogP contribution in [0.4, 0.5) is 0 Å². The lowest BCUT2D eigenvalue weighted by Crippen LogP contribution is -1.94. The molecule has 0 aliphatic heterocycles. The van der Waals surface area contributed by atoms with Gasteiger partial charge in [0.15, 0.2) is 11.5 Å². The lowest BCUT2D eigenvalue weighted by atomic mass is 10.1. The van der Waals surface area contributed by atoms with Gasteiger partial charge >= 0.3 is 0 Å². The fourth-order valence-corrected chi connectivity index (χ4v) is 2.33. The first-order valence-corrected chi connectivity index (χ1v) is 5.60. The minimum absolute atomic E-state index is 0.504. The summed E-state index contributed by atoms with van der Waals surface area (Å²) in [5.74, 6) is 1.17. The molecule has 0 unspecified atom stereocenters. The molecule has 1 heterocycles. The van der Waals surface area contributed by atoms with Gasteiger partial charge in [-0.05, 0) is 22.0 Å². The van der Waals surface area contributed by atoms with Crippen LogP contribution in [-0.2, 0) is 0 Å². The number of hydrogen-bond acceptors (Lipinski definition) is 4. The number of methoxy groups -OCH3 is 2. The molecule has 1 aromatic heterocycles. The summed E-state index contributed by atoms with van der Waals surface area (Å²) >= 11 is 3.44. The van der Waals surface area contributed by atoms with Crippen LogP contribution in [0.5, 0.6) is 11.5 Å². The maximum Gasteiger partial charge on any atom is 0.175 e. The van der Waals surface area contributed by atoms with Crippen LogP contribution in [0.2, 0.25) is 0 Å². The van der Waals surface area contributed by atoms with Gasteiger partial charge in [-0.25, -0.2) is 0 Å². The second kappa shape index (κ2) is 4.60. The molecule has 5 heteroatoms. The first kappa shape index (κ1) is 11.7. The van der Waals surface area contributed by atoms with Gasteiger partial charge in [-0.2, -0.15) is 5.26 Å². The second-order valence-electron chi connectivity index (χ2n) is 3.32. The number of benzene rings is 1. The average molecular weight is 293 g/mol. The van der Waals surface area contributed by atoms with E-state index in [1.807, 2.05) is 0 Å². The molecule has 0 spiro atoms. The van der Waals surface area contributed by atoms with E-state index in [0.717, 1.165) is 15.2 Å². The third-order valence-electron chi connectivity index (χ3n) is 2.47. The highest BCUT2D eigenvalue weighted by atomic mass is 79.9. The van der Waals surface area contributed by atoms with Crippen molar-refractivity contribution >= 4 is 26.7 Å². The summed E-state index contributed by atoms with van der Waals surface area (Å²) in [5.41, 5.74) is 0.504. The van der Waals surface area contributed by atoms with Gasteiger partial charge in [-0.3, -0.25) is 4.98 Å². The number of rotatable bonds is 2. The van der Waals surface area contributed by atoms with Gasteiger partial charge in [0.25, 0.3) is 0 Å². The van der Waals surface area contributed by atoms with Crippen molar-refractivity contribution in [1.29, 1.82) is 5.26 Å². The van der Waals surface area contributed by atoms with Crippen molar-refractivity contribution in [2.75, 3.05) is 14.2 Å². The molecule has 4 nitrogen and oxygen atoms in total. The molecular weight excluding hydrogens is 284 g/mol. The highest BCUT2D eigenvalue weighted by molar-refractivity contribution is 9.10. The Hall–Kier alpha value is -1.80. The van der Waals surface area contributed by atoms with E-state index in [1.165, 1.54) is 6.20 Å². The predicted octanol–water partition coefficient (Wildman–Crippen LogP) is 2.89. The minimum atomic E-state index is 0.504. The Kier molecular flexibility index (Phi) is 3.16. The molecule has 0 bridgehead atoms. The largest absolute Gasteiger partial charge is 0.493 e. The van der Waals surface area contributed by atoms with Crippen LogP contribution < -0.4 is 9.47 Å². The van der Waals surface area contributed by atoms with Crippen LogP contribution >= 0.6 is 15.9 Å². The third-order valence-corrected chi connectivity index (χ3v) is 3.25. The lowest BCUT2D eigenvalue weighted by molar-refractivity contribution is 0.354. The van der Waals surface area contributed by atoms with Crippen molar-refractivity contribution in [1.82, 2.24) is 4.98 Å². The second-order valence-corrected chi connectivity index (χ2v) is 4.11. The standard InChI is InChI=1S/C12H9BrN2O2/c1-16-10-3-8-7(4-14)5-15-6-9(8)11(13)12(10)17-2/h3,5-6H,1-2H3. The molecule has 0 fully saturated rings. The van der Waals surface area contributed by atoms with E-state index in [4.69, 9.17) is 14.7 Å². The zero-order chi connectivity index (χ0) is 12.4. The number of nitriles is 1. The van der Waals surface area contributed by atoms with Gasteiger partial charge in [0.05, 0.1) is 24.3 Å². The van der Waals surface area contributed by atoms with Crippen LogP contribution in [0, 0.1) is 11.3 Å². The molecular formula is C12H9BrN2O2. The van der Waals surface area contributed by atoms with E-state index >= 15 is 0 Å². The first-order valence-electron chi connectivity index (χ1n) is 4.81. The topological polar surface area (TPSA) is 55.1 Å². The maximum atomic E-state index is 9.04. The summed E-state index contributed by atoms with van der Waals surface area (Å²) in [5, 5.41) is 10.6. The minimum Gasteiger partial charge on any atom is -0.493 e. The van der Waals surface area contributed by atoms with Gasteiger partial charge in [0.2, 0.25) is 0 Å². The molecule has 2 rings (SSSR count). The summed E-state index contributed by atoms with van der Waals surface area (Å²) in [7, 11) is 3.12. The van der Waals surface area contributed by atoms with E-state index in [0.29, 0.717) is 17.1 Å². The molecule has 86 valence electrons. The van der Waals surface area contributed by atoms with E-state index in [-0.39, 0.29) is 0 Å². The Labute approximate surface area is 107 Å². The zero-order valence-electron chi connectivity index (χ0n) is 9.32. The number of pyridine rings is 1. The Morgan fingerprint density at radius 2 is 2.00 bits per heavy atom. The Morgan fingerprint density at radius 1 is 1.24 bits per heavy atom. The third kappa shape index (κ3) is 1.81. The SMILES string of the molecule is COc1cc2c(C#N)cncc2c(Br)c1OC. The van der Waals surface area contributed by atoms with Crippen molar-refractivity contribution in [3.05, 3.63) is 28.5 Å². The van der Waals surface area contributed by atoms with Gasteiger partial charge in [-0.15, -0.1) is 0 Å². The van der Waals surface area contributed by atoms with E-state index in [1.54, 1.807) is 26.5 Å². The molecule has 0 aliphatic rings. The van der Waals surface area contributed by atoms with Crippen molar-refractivity contribution in [3.8, 4) is 17.6 Å². The first-order chi connectivity index (χ1) is 8.22. The summed E-state index contributed by atoms with van der Waals surface area (Å²) in [6.07, 6.45) is 3.21. The van der Waals surface area contributed by atoms with Crippen molar-refractivity contribution in [3.63, 3.8) is 0 Å². The summed E-state index contributed by atoms with van der Waals surface area (Å²) in [4.78, 5) is 4.03. The Balaban J connectivity index is 2.91. The number of fused-ring (bicyclic) bond motifs is 1. The molecule has 0 atom stereocenters. The van der Waals surface area contributed by atoms with Gasteiger partial charge in [-0.1, -0.05) is 0 Å². The zero-order valence-corrected chi connectivity index (χ0v) is 10.9. The number of halogens is 1. The van der Waals surface area contributed by atoms with Gasteiger partial charge in [0.1, 0.15) is 6.07 Å². The van der Waals surface area contributed by atoms with Gasteiger partial charge < -0.3 is 9.47 Å². The number of nitrogens with zero attached hydrogens (tertiary/aromatic N) is 2. The Morgan fingerprint density at radius 3 is 2.59 bits per heavy atom. The molecule has 0 saturated carbocycles. The number of hydrogen-bond donors (Lipinski definition) is 0. The molecule has 0 radical (unpaired) electrons. The highest BCUT2D eigenvalue weighted by Crippen LogP contribution is 2.41. The highest BCUT2D eigenvalue weighted by Gasteiger charge is 2.14. The fourth-order valence-electron chi connectivity index (χ4n) is 1.66. The molecule has 2 aromatic rings. The molecule has 1 aromatic carbocycles. The summed E-state index contributed by atoms with van der Waals surface area (Å²) in [6.45, 7) is 0. The van der Waals surface area contributed by atoms with E-state index < -0.39 is 0 Å². The monoisotopic (exact) mass is 292 g/mol. The van der Waals surface area contributed by atoms with E-state index in [2.05, 4.69) is 27.0 Å². The van der Waals surface area contributed by atoms with Crippen LogP contribution in [0.15, 0.2) is 22.9 Å². The maximum absolute atomic E-state index is 9.04. The summed E-state index contributed by atoms with van der Waals surface area (Å²) < 4.78 is 11.2. The molecule has 0 saturated heterocycles. The van der Waals surface area contributed by atoms with Crippen LogP contribution in [0.1, 0.15) is 5.56 Å². The lowest BCUT2D eigenvalue weighted by Gasteiger charge is -2.12. The van der Waals surface area contributed by atoms with Crippen LogP contribution in [-0.4, -0.2) is 19.2 Å². The van der Waals surface area contributed by atoms with Crippen molar-refractivity contribution < 1.29 is 9.47 Å². The van der Waals surface area contributed by atoms with E-state index in [9.17, 15) is 0 Å². The van der Waals surface area contributed by atoms with Crippen molar-refractivity contribution in [2.45, 2.75) is 0 Å². The van der Waals surface area contributed by atoms with Crippen molar-refractivity contribution in [2.24, 2.45) is 0 Å². The molecule has 0 aliphatic carbocycles. The molecule has 17 heavy (non-hydrogen) atoms. The average Bonchev–Trinajstić information content (AvgIpc) is 2.37. The van der Waals surface area contributed by atoms with Gasteiger partial charge in [0, 0.05) is 23.2 Å². The Bertz CT molecular complexity index is 620. The molecule has 0 amide bonds. The number of ether oxygens (including phenoxy) is 2. The van der Waals surface area contributed by atoms with Crippen LogP contribution in [0.3, 0.4) is 0 Å². The quantitative estimate of drug-likeness (QED) is 0.854. The predicted molar refractivity (Wildman–Crippen MR) is 67.3 cm³/mol. The number of aromatic nitrogens is 1. The molecule has 0 N–H and O–H groups in total. The van der Waals surface area contributed by atoms with Crippen LogP contribution in [0.25, 0.3) is 10.8 Å². The summed E-state index contributed by atoms with van der Waals surface area (Å²) in [6, 6.07) is 3.88.